The van der Waals surface area contributed by atoms with E-state index in [0.29, 0.717) is 25.9 Å². The highest BCUT2D eigenvalue weighted by Gasteiger charge is 2.20. The molecular weight excluding hydrogens is 561 g/mol. The molecule has 1 fully saturated rings. The van der Waals surface area contributed by atoms with Crippen LogP contribution in [-0.4, -0.2) is 56.0 Å². The zero-order chi connectivity index (χ0) is 31.3. The highest BCUT2D eigenvalue weighted by Crippen LogP contribution is 2.30. The van der Waals surface area contributed by atoms with Crippen molar-refractivity contribution in [2.24, 2.45) is 0 Å². The van der Waals surface area contributed by atoms with Crippen molar-refractivity contribution < 1.29 is 14.6 Å². The molecule has 0 aromatic heterocycles. The van der Waals surface area contributed by atoms with E-state index in [1.54, 1.807) is 11.9 Å². The Morgan fingerprint density at radius 2 is 1.76 bits per heavy atom. The fourth-order valence-electron chi connectivity index (χ4n) is 4.07. The summed E-state index contributed by atoms with van der Waals surface area (Å²) in [7, 11) is 1.00. The zero-order valence-electron chi connectivity index (χ0n) is 26.7. The Kier molecular flexibility index (Phi) is 27.7. The number of rotatable bonds is 12. The minimum absolute atomic E-state index is 0.560. The van der Waals surface area contributed by atoms with Crippen LogP contribution < -0.4 is 10.0 Å². The van der Waals surface area contributed by atoms with Gasteiger partial charge < -0.3 is 19.9 Å². The number of aryl methyl sites for hydroxylation is 2. The number of nitrogens with one attached hydrogen (secondary N) is 2. The van der Waals surface area contributed by atoms with Gasteiger partial charge in [-0.2, -0.15) is 0 Å². The molecule has 0 amide bonds. The molecule has 3 N–H and O–H groups in total. The third-order valence-electron chi connectivity index (χ3n) is 6.17. The van der Waals surface area contributed by atoms with Gasteiger partial charge in [-0.15, -0.1) is 24.9 Å². The Balaban J connectivity index is 0.00000109. The molecule has 1 unspecified atom stereocenters. The molecule has 2 aliphatic rings. The van der Waals surface area contributed by atoms with Crippen molar-refractivity contribution in [1.29, 1.82) is 0 Å². The quantitative estimate of drug-likeness (QED) is 0.0960. The van der Waals surface area contributed by atoms with Crippen LogP contribution in [0.5, 0.6) is 0 Å². The lowest BCUT2D eigenvalue weighted by atomic mass is 10.1. The second-order valence-corrected chi connectivity index (χ2v) is 10.9. The Hall–Kier alpha value is -2.00. The summed E-state index contributed by atoms with van der Waals surface area (Å²) in [6.07, 6.45) is 8.97. The van der Waals surface area contributed by atoms with Crippen molar-refractivity contribution in [3.63, 3.8) is 0 Å². The van der Waals surface area contributed by atoms with E-state index in [4.69, 9.17) is 14.6 Å². The van der Waals surface area contributed by atoms with Gasteiger partial charge in [-0.05, 0) is 62.1 Å². The topological polar surface area (TPSA) is 62.8 Å². The standard InChI is InChI=1S/C23H34N2O2S2.C7H8.C2H6.C2H4.CH4O/c1-2-19(8-10-21-16-26-13-14-27-21)17-29-25-18-28-15-5-12-24-23-11-9-20-6-3-4-7-22(20)23;1-7-5-3-2-4-6-7;3*1-2/h3-4,6-8,10,23-25H,2,5,9,11-18H2,1H3;2-6H,1H3;1-2H3;1-2H2;2H,1H3/b19-8+,21-10+;;;;. The highest BCUT2D eigenvalue weighted by molar-refractivity contribution is 8.01. The van der Waals surface area contributed by atoms with Gasteiger partial charge in [0.15, 0.2) is 0 Å². The van der Waals surface area contributed by atoms with Crippen LogP contribution in [0.4, 0.5) is 0 Å². The maximum Gasteiger partial charge on any atom is 0.122 e. The number of hydrogen-bond acceptors (Lipinski definition) is 7. The van der Waals surface area contributed by atoms with Crippen molar-refractivity contribution in [2.45, 2.75) is 59.4 Å². The number of aliphatic hydroxyl groups excluding tert-OH is 1. The Morgan fingerprint density at radius 1 is 1.05 bits per heavy atom. The minimum Gasteiger partial charge on any atom is -0.493 e. The van der Waals surface area contributed by atoms with Crippen molar-refractivity contribution in [1.82, 2.24) is 10.0 Å². The smallest absolute Gasteiger partial charge is 0.122 e. The number of ether oxygens (including phenoxy) is 2. The lowest BCUT2D eigenvalue weighted by molar-refractivity contribution is 0.0135. The van der Waals surface area contributed by atoms with E-state index in [0.717, 1.165) is 37.5 Å². The Bertz CT molecular complexity index is 946. The molecule has 1 atom stereocenters. The number of aliphatic hydroxyl groups is 1. The summed E-state index contributed by atoms with van der Waals surface area (Å²) in [5, 5.41) is 10.7. The normalized spacial score (nSPS) is 16.1. The molecule has 2 aromatic carbocycles. The molecule has 1 aliphatic carbocycles. The maximum absolute atomic E-state index is 7.00. The van der Waals surface area contributed by atoms with Gasteiger partial charge in [0.05, 0.1) is 12.5 Å². The fraction of sp³-hybridized carbons (Fsp3) is 0.486. The van der Waals surface area contributed by atoms with Gasteiger partial charge >= 0.3 is 0 Å². The van der Waals surface area contributed by atoms with Crippen LogP contribution >= 0.6 is 23.7 Å². The summed E-state index contributed by atoms with van der Waals surface area (Å²) in [4.78, 5) is 0. The predicted molar refractivity (Wildman–Crippen MR) is 188 cm³/mol. The molecule has 7 heteroatoms. The molecule has 0 spiro atoms. The second kappa shape index (κ2) is 29.1. The molecular formula is C35H56N2O3S2. The zero-order valence-corrected chi connectivity index (χ0v) is 28.3. The number of fused-ring (bicyclic) bond motifs is 1. The van der Waals surface area contributed by atoms with E-state index in [9.17, 15) is 0 Å². The maximum atomic E-state index is 7.00. The first kappa shape index (κ1) is 40.0. The van der Waals surface area contributed by atoms with Gasteiger partial charge in [-0.1, -0.05) is 105 Å². The molecule has 2 aromatic rings. The first-order chi connectivity index (χ1) is 20.8. The SMILES string of the molecule is C=C.CC.CC/C(=C\C=C1/COCCO1)CSNCSCCCNC1CCc2ccccc21.CO.Cc1ccccc1. The monoisotopic (exact) mass is 616 g/mol. The summed E-state index contributed by atoms with van der Waals surface area (Å²) in [6.45, 7) is 17.3. The lowest BCUT2D eigenvalue weighted by Crippen LogP contribution is -2.21. The highest BCUT2D eigenvalue weighted by atomic mass is 32.2. The summed E-state index contributed by atoms with van der Waals surface area (Å²) >= 11 is 3.77. The molecule has 4 rings (SSSR count). The van der Waals surface area contributed by atoms with E-state index in [-0.39, 0.29) is 0 Å². The number of hydrogen-bond donors (Lipinski definition) is 3. The van der Waals surface area contributed by atoms with Gasteiger partial charge in [0.2, 0.25) is 0 Å². The molecule has 5 nitrogen and oxygen atoms in total. The van der Waals surface area contributed by atoms with E-state index in [2.05, 4.69) is 85.6 Å². The van der Waals surface area contributed by atoms with Crippen molar-refractivity contribution in [3.05, 3.63) is 108 Å². The molecule has 1 heterocycles. The summed E-state index contributed by atoms with van der Waals surface area (Å²) in [6, 6.07) is 19.7. The molecule has 42 heavy (non-hydrogen) atoms. The van der Waals surface area contributed by atoms with Gasteiger partial charge in [0.1, 0.15) is 19.0 Å². The fourth-order valence-corrected chi connectivity index (χ4v) is 5.82. The van der Waals surface area contributed by atoms with Crippen molar-refractivity contribution in [2.75, 3.05) is 50.9 Å². The average Bonchev–Trinajstić information content (AvgIpc) is 3.48. The van der Waals surface area contributed by atoms with Crippen LogP contribution in [0.2, 0.25) is 0 Å². The molecule has 0 bridgehead atoms. The van der Waals surface area contributed by atoms with Crippen LogP contribution in [0.3, 0.4) is 0 Å². The number of allylic oxidation sites excluding steroid dienone is 2. The average molecular weight is 617 g/mol. The summed E-state index contributed by atoms with van der Waals surface area (Å²) < 4.78 is 14.4. The van der Waals surface area contributed by atoms with E-state index < -0.39 is 0 Å². The summed E-state index contributed by atoms with van der Waals surface area (Å²) in [5.74, 6) is 4.12. The number of benzene rings is 2. The Morgan fingerprint density at radius 3 is 2.40 bits per heavy atom. The third kappa shape index (κ3) is 18.5. The molecule has 236 valence electrons. The molecule has 0 saturated carbocycles. The van der Waals surface area contributed by atoms with E-state index in [1.807, 2.05) is 43.8 Å². The first-order valence-electron chi connectivity index (χ1n) is 15.1. The second-order valence-electron chi connectivity index (χ2n) is 8.95. The van der Waals surface area contributed by atoms with Gasteiger partial charge in [0.25, 0.3) is 0 Å². The van der Waals surface area contributed by atoms with Crippen LogP contribution in [0.1, 0.15) is 62.8 Å². The van der Waals surface area contributed by atoms with E-state index >= 15 is 0 Å². The van der Waals surface area contributed by atoms with Crippen molar-refractivity contribution in [3.8, 4) is 0 Å². The summed E-state index contributed by atoms with van der Waals surface area (Å²) in [5.41, 5.74) is 5.77. The lowest BCUT2D eigenvalue weighted by Gasteiger charge is -2.16. The van der Waals surface area contributed by atoms with Crippen LogP contribution in [-0.2, 0) is 15.9 Å². The van der Waals surface area contributed by atoms with Crippen molar-refractivity contribution >= 4 is 23.7 Å². The third-order valence-corrected chi connectivity index (χ3v) is 8.14. The van der Waals surface area contributed by atoms with E-state index in [1.165, 1.54) is 47.3 Å². The molecule has 1 aliphatic heterocycles. The first-order valence-corrected chi connectivity index (χ1v) is 17.2. The van der Waals surface area contributed by atoms with Crippen LogP contribution in [0.15, 0.2) is 91.2 Å². The largest absolute Gasteiger partial charge is 0.493 e. The van der Waals surface area contributed by atoms with Gasteiger partial charge in [0, 0.05) is 18.9 Å². The van der Waals surface area contributed by atoms with Gasteiger partial charge in [-0.3, -0.25) is 4.72 Å². The van der Waals surface area contributed by atoms with Crippen LogP contribution in [0.25, 0.3) is 0 Å². The van der Waals surface area contributed by atoms with Gasteiger partial charge in [-0.25, -0.2) is 0 Å². The Labute approximate surface area is 265 Å². The number of thioether (sulfide) groups is 1. The predicted octanol–water partition coefficient (Wildman–Crippen LogP) is 8.28. The molecule has 0 radical (unpaired) electrons. The van der Waals surface area contributed by atoms with Crippen LogP contribution in [0, 0.1) is 6.92 Å². The molecule has 1 saturated heterocycles. The minimum atomic E-state index is 0.560.